The minimum atomic E-state index is 0.0248. The molecule has 0 bridgehead atoms. The molecule has 27 heavy (non-hydrogen) atoms. The fourth-order valence-corrected chi connectivity index (χ4v) is 3.31. The summed E-state index contributed by atoms with van der Waals surface area (Å²) in [5.41, 5.74) is 0. The number of carbonyl (C=O) groups is 1. The molecule has 0 unspecified atom stereocenters. The molecule has 1 aromatic rings. The van der Waals surface area contributed by atoms with Crippen LogP contribution < -0.4 is 10.6 Å². The van der Waals surface area contributed by atoms with Gasteiger partial charge >= 0.3 is 0 Å². The van der Waals surface area contributed by atoms with Gasteiger partial charge in [0.05, 0.1) is 19.4 Å². The zero-order valence-electron chi connectivity index (χ0n) is 17.6. The van der Waals surface area contributed by atoms with Crippen molar-refractivity contribution in [3.63, 3.8) is 0 Å². The molecule has 0 fully saturated rings. The number of hydrogen-bond donors (Lipinski definition) is 2. The highest BCUT2D eigenvalue weighted by molar-refractivity contribution is 5.77. The molecule has 1 heterocycles. The van der Waals surface area contributed by atoms with E-state index in [2.05, 4.69) is 17.6 Å². The molecular weight excluding hydrogens is 336 g/mol. The predicted octanol–water partition coefficient (Wildman–Crippen LogP) is 5.97. The van der Waals surface area contributed by atoms with Crippen molar-refractivity contribution in [1.82, 2.24) is 10.6 Å². The molecule has 0 spiro atoms. The monoisotopic (exact) mass is 378 g/mol. The molecule has 156 valence electrons. The van der Waals surface area contributed by atoms with E-state index in [0.29, 0.717) is 13.1 Å². The third kappa shape index (κ3) is 15.5. The Hall–Kier alpha value is -1.29. The Bertz CT molecular complexity index is 432. The van der Waals surface area contributed by atoms with Crippen molar-refractivity contribution in [3.05, 3.63) is 24.2 Å². The number of unbranched alkanes of at least 4 members (excludes halogenated alkanes) is 13. The summed E-state index contributed by atoms with van der Waals surface area (Å²) in [6.07, 6.45) is 20.9. The van der Waals surface area contributed by atoms with Gasteiger partial charge in [0.2, 0.25) is 5.91 Å². The average Bonchev–Trinajstić information content (AvgIpc) is 3.19. The van der Waals surface area contributed by atoms with E-state index in [4.69, 9.17) is 4.42 Å². The maximum atomic E-state index is 11.7. The minimum absolute atomic E-state index is 0.0248. The third-order valence-electron chi connectivity index (χ3n) is 5.03. The minimum Gasteiger partial charge on any atom is -0.467 e. The van der Waals surface area contributed by atoms with Gasteiger partial charge < -0.3 is 15.1 Å². The molecule has 0 radical (unpaired) electrons. The maximum Gasteiger partial charge on any atom is 0.234 e. The van der Waals surface area contributed by atoms with Gasteiger partial charge in [-0.15, -0.1) is 0 Å². The Labute approximate surface area is 166 Å². The first-order valence-electron chi connectivity index (χ1n) is 11.3. The van der Waals surface area contributed by atoms with Gasteiger partial charge in [0, 0.05) is 0 Å². The number of hydrogen-bond acceptors (Lipinski definition) is 3. The zero-order valence-corrected chi connectivity index (χ0v) is 17.6. The van der Waals surface area contributed by atoms with Crippen LogP contribution in [0, 0.1) is 0 Å². The van der Waals surface area contributed by atoms with Crippen LogP contribution in [0.2, 0.25) is 0 Å². The molecule has 0 saturated carbocycles. The first-order valence-corrected chi connectivity index (χ1v) is 11.3. The van der Waals surface area contributed by atoms with Crippen molar-refractivity contribution in [2.45, 2.75) is 103 Å². The standard InChI is InChI=1S/C23H42N2O2/c1-2-3-4-5-6-7-8-9-10-11-12-13-14-15-18-24-21-23(26)25-20-22-17-16-19-27-22/h16-17,19,24H,2-15,18,20-21H2,1H3,(H,25,26). The topological polar surface area (TPSA) is 54.3 Å². The van der Waals surface area contributed by atoms with E-state index in [-0.39, 0.29) is 5.91 Å². The average molecular weight is 379 g/mol. The molecule has 0 aromatic carbocycles. The molecule has 0 aliphatic rings. The number of rotatable bonds is 19. The summed E-state index contributed by atoms with van der Waals surface area (Å²) >= 11 is 0. The third-order valence-corrected chi connectivity index (χ3v) is 5.03. The van der Waals surface area contributed by atoms with E-state index >= 15 is 0 Å². The molecule has 0 saturated heterocycles. The van der Waals surface area contributed by atoms with Crippen LogP contribution >= 0.6 is 0 Å². The lowest BCUT2D eigenvalue weighted by Crippen LogP contribution is -2.33. The summed E-state index contributed by atoms with van der Waals surface area (Å²) in [5.74, 6) is 0.812. The predicted molar refractivity (Wildman–Crippen MR) is 114 cm³/mol. The first-order chi connectivity index (χ1) is 13.3. The number of furan rings is 1. The van der Waals surface area contributed by atoms with Gasteiger partial charge in [0.15, 0.2) is 0 Å². The molecule has 4 nitrogen and oxygen atoms in total. The van der Waals surface area contributed by atoms with Gasteiger partial charge in [-0.25, -0.2) is 0 Å². The maximum absolute atomic E-state index is 11.7. The SMILES string of the molecule is CCCCCCCCCCCCCCCCNCC(=O)NCc1ccco1. The van der Waals surface area contributed by atoms with Gasteiger partial charge in [-0.1, -0.05) is 90.4 Å². The van der Waals surface area contributed by atoms with Gasteiger partial charge in [-0.3, -0.25) is 4.79 Å². The molecule has 1 rings (SSSR count). The molecule has 0 aliphatic carbocycles. The van der Waals surface area contributed by atoms with Crippen LogP contribution in [0.1, 0.15) is 103 Å². The van der Waals surface area contributed by atoms with Crippen molar-refractivity contribution in [1.29, 1.82) is 0 Å². The molecule has 1 aromatic heterocycles. The second-order valence-electron chi connectivity index (χ2n) is 7.63. The Morgan fingerprint density at radius 3 is 1.93 bits per heavy atom. The van der Waals surface area contributed by atoms with Crippen LogP contribution in [0.25, 0.3) is 0 Å². The fourth-order valence-electron chi connectivity index (χ4n) is 3.31. The molecule has 0 atom stereocenters. The van der Waals surface area contributed by atoms with Crippen molar-refractivity contribution in [2.24, 2.45) is 0 Å². The quantitative estimate of drug-likeness (QED) is 0.292. The summed E-state index contributed by atoms with van der Waals surface area (Å²) in [6, 6.07) is 3.69. The lowest BCUT2D eigenvalue weighted by Gasteiger charge is -2.06. The largest absolute Gasteiger partial charge is 0.467 e. The normalized spacial score (nSPS) is 11.0. The van der Waals surface area contributed by atoms with Crippen LogP contribution in [0.5, 0.6) is 0 Å². The van der Waals surface area contributed by atoms with Gasteiger partial charge in [0.25, 0.3) is 0 Å². The van der Waals surface area contributed by atoms with Gasteiger partial charge in [-0.2, -0.15) is 0 Å². The molecule has 0 aliphatic heterocycles. The summed E-state index contributed by atoms with van der Waals surface area (Å²) in [5, 5.41) is 6.06. The summed E-state index contributed by atoms with van der Waals surface area (Å²) in [7, 11) is 0. The van der Waals surface area contributed by atoms with E-state index < -0.39 is 0 Å². The second-order valence-corrected chi connectivity index (χ2v) is 7.63. The highest BCUT2D eigenvalue weighted by atomic mass is 16.3. The van der Waals surface area contributed by atoms with Crippen LogP contribution in [-0.4, -0.2) is 19.0 Å². The van der Waals surface area contributed by atoms with Crippen LogP contribution in [0.3, 0.4) is 0 Å². The van der Waals surface area contributed by atoms with E-state index in [0.717, 1.165) is 18.7 Å². The summed E-state index contributed by atoms with van der Waals surface area (Å²) in [6.45, 7) is 4.05. The Kier molecular flexibility index (Phi) is 15.9. The fraction of sp³-hybridized carbons (Fsp3) is 0.783. The Morgan fingerprint density at radius 1 is 0.852 bits per heavy atom. The smallest absolute Gasteiger partial charge is 0.234 e. The highest BCUT2D eigenvalue weighted by Gasteiger charge is 2.01. The van der Waals surface area contributed by atoms with Crippen molar-refractivity contribution in [2.75, 3.05) is 13.1 Å². The highest BCUT2D eigenvalue weighted by Crippen LogP contribution is 2.12. The molecule has 2 N–H and O–H groups in total. The van der Waals surface area contributed by atoms with Gasteiger partial charge in [-0.05, 0) is 25.1 Å². The number of nitrogens with one attached hydrogen (secondary N) is 2. The first kappa shape index (κ1) is 23.7. The van der Waals surface area contributed by atoms with Crippen molar-refractivity contribution in [3.8, 4) is 0 Å². The van der Waals surface area contributed by atoms with E-state index in [1.54, 1.807) is 6.26 Å². The van der Waals surface area contributed by atoms with Gasteiger partial charge in [0.1, 0.15) is 5.76 Å². The van der Waals surface area contributed by atoms with Crippen LogP contribution in [0.15, 0.2) is 22.8 Å². The molecule has 1 amide bonds. The summed E-state index contributed by atoms with van der Waals surface area (Å²) < 4.78 is 5.18. The second kappa shape index (κ2) is 18.1. The van der Waals surface area contributed by atoms with E-state index in [9.17, 15) is 4.79 Å². The van der Waals surface area contributed by atoms with Crippen molar-refractivity contribution >= 4 is 5.91 Å². The molecule has 4 heteroatoms. The van der Waals surface area contributed by atoms with Crippen LogP contribution in [0.4, 0.5) is 0 Å². The van der Waals surface area contributed by atoms with E-state index in [1.165, 1.54) is 83.5 Å². The lowest BCUT2D eigenvalue weighted by atomic mass is 10.0. The van der Waals surface area contributed by atoms with E-state index in [1.807, 2.05) is 12.1 Å². The summed E-state index contributed by atoms with van der Waals surface area (Å²) in [4.78, 5) is 11.7. The number of amides is 1. The molecular formula is C23H42N2O2. The Morgan fingerprint density at radius 2 is 1.41 bits per heavy atom. The number of carbonyl (C=O) groups excluding carboxylic acids is 1. The van der Waals surface area contributed by atoms with Crippen LogP contribution in [-0.2, 0) is 11.3 Å². The Balaban J connectivity index is 1.72. The van der Waals surface area contributed by atoms with Crippen molar-refractivity contribution < 1.29 is 9.21 Å². The lowest BCUT2D eigenvalue weighted by molar-refractivity contribution is -0.120. The zero-order chi connectivity index (χ0) is 19.4.